The Labute approximate surface area is 80.1 Å². The van der Waals surface area contributed by atoms with E-state index in [-0.39, 0.29) is 12.3 Å². The number of aliphatic hydroxyl groups is 1. The summed E-state index contributed by atoms with van der Waals surface area (Å²) in [5.41, 5.74) is 4.67. The van der Waals surface area contributed by atoms with E-state index in [4.69, 9.17) is 5.73 Å². The van der Waals surface area contributed by atoms with E-state index in [1.165, 1.54) is 7.11 Å². The maximum Gasteiger partial charge on any atom is 0.135 e. The van der Waals surface area contributed by atoms with Gasteiger partial charge in [-0.15, -0.1) is 0 Å². The first kappa shape index (κ1) is 10.9. The minimum atomic E-state index is -1.33. The van der Waals surface area contributed by atoms with Crippen LogP contribution in [0.15, 0.2) is 12.1 Å². The van der Waals surface area contributed by atoms with E-state index in [0.717, 1.165) is 12.1 Å². The molecule has 0 bridgehead atoms. The Morgan fingerprint density at radius 1 is 1.43 bits per heavy atom. The van der Waals surface area contributed by atoms with E-state index in [2.05, 4.69) is 4.74 Å². The van der Waals surface area contributed by atoms with Gasteiger partial charge in [-0.25, -0.2) is 8.78 Å². The van der Waals surface area contributed by atoms with Crippen LogP contribution in [0.2, 0.25) is 0 Å². The third kappa shape index (κ3) is 2.00. The van der Waals surface area contributed by atoms with Crippen molar-refractivity contribution in [3.8, 4) is 5.75 Å². The standard InChI is InChI=1S/C9H11F2NO2/c1-14-5-2-6(10)9(7(11)3-5)8(13)4-12/h2-3,8,13H,4,12H2,1H3. The number of hydrogen-bond donors (Lipinski definition) is 2. The topological polar surface area (TPSA) is 55.5 Å². The van der Waals surface area contributed by atoms with Crippen LogP contribution in [0.25, 0.3) is 0 Å². The summed E-state index contributed by atoms with van der Waals surface area (Å²) < 4.78 is 31.1. The molecule has 1 unspecified atom stereocenters. The number of rotatable bonds is 3. The SMILES string of the molecule is COc1cc(F)c(C(O)CN)c(F)c1. The molecule has 0 radical (unpaired) electrons. The molecule has 3 nitrogen and oxygen atoms in total. The lowest BCUT2D eigenvalue weighted by atomic mass is 10.1. The summed E-state index contributed by atoms with van der Waals surface area (Å²) in [6.45, 7) is -0.236. The van der Waals surface area contributed by atoms with Gasteiger partial charge in [-0.2, -0.15) is 0 Å². The summed E-state index contributed by atoms with van der Waals surface area (Å²) in [4.78, 5) is 0. The van der Waals surface area contributed by atoms with Crippen LogP contribution in [0.3, 0.4) is 0 Å². The Kier molecular flexibility index (Phi) is 3.38. The highest BCUT2D eigenvalue weighted by Crippen LogP contribution is 2.24. The van der Waals surface area contributed by atoms with Crippen molar-refractivity contribution >= 4 is 0 Å². The van der Waals surface area contributed by atoms with Gasteiger partial charge >= 0.3 is 0 Å². The first-order valence-corrected chi connectivity index (χ1v) is 4.01. The lowest BCUT2D eigenvalue weighted by Crippen LogP contribution is -2.14. The molecule has 3 N–H and O–H groups in total. The Hall–Kier alpha value is -1.20. The van der Waals surface area contributed by atoms with Crippen LogP contribution in [0.1, 0.15) is 11.7 Å². The zero-order valence-corrected chi connectivity index (χ0v) is 7.63. The zero-order valence-electron chi connectivity index (χ0n) is 7.63. The van der Waals surface area contributed by atoms with Crippen molar-refractivity contribution < 1.29 is 18.6 Å². The van der Waals surface area contributed by atoms with Crippen LogP contribution in [-0.2, 0) is 0 Å². The van der Waals surface area contributed by atoms with Gasteiger partial charge < -0.3 is 15.6 Å². The van der Waals surface area contributed by atoms with E-state index < -0.39 is 23.3 Å². The van der Waals surface area contributed by atoms with Crippen molar-refractivity contribution in [2.45, 2.75) is 6.10 Å². The van der Waals surface area contributed by atoms with Crippen LogP contribution in [0, 0.1) is 11.6 Å². The maximum atomic E-state index is 13.2. The van der Waals surface area contributed by atoms with Crippen molar-refractivity contribution in [3.05, 3.63) is 29.3 Å². The molecule has 5 heteroatoms. The van der Waals surface area contributed by atoms with Crippen molar-refractivity contribution in [2.75, 3.05) is 13.7 Å². The second-order valence-electron chi connectivity index (χ2n) is 2.76. The van der Waals surface area contributed by atoms with Gasteiger partial charge in [-0.3, -0.25) is 0 Å². The summed E-state index contributed by atoms with van der Waals surface area (Å²) in [5.74, 6) is -1.66. The molecule has 0 aliphatic rings. The smallest absolute Gasteiger partial charge is 0.135 e. The zero-order chi connectivity index (χ0) is 10.7. The number of aliphatic hydroxyl groups excluding tert-OH is 1. The normalized spacial score (nSPS) is 12.6. The molecule has 0 heterocycles. The number of benzene rings is 1. The number of ether oxygens (including phenoxy) is 1. The van der Waals surface area contributed by atoms with E-state index in [9.17, 15) is 13.9 Å². The monoisotopic (exact) mass is 203 g/mol. The molecule has 0 saturated heterocycles. The minimum absolute atomic E-state index is 0.0629. The second kappa shape index (κ2) is 4.34. The molecule has 0 fully saturated rings. The van der Waals surface area contributed by atoms with Gasteiger partial charge in [0, 0.05) is 18.7 Å². The van der Waals surface area contributed by atoms with Crippen molar-refractivity contribution in [1.29, 1.82) is 0 Å². The molecule has 0 aliphatic heterocycles. The van der Waals surface area contributed by atoms with Gasteiger partial charge in [0.25, 0.3) is 0 Å². The van der Waals surface area contributed by atoms with Crippen molar-refractivity contribution in [2.24, 2.45) is 5.73 Å². The molecule has 0 spiro atoms. The van der Waals surface area contributed by atoms with Crippen LogP contribution in [0.5, 0.6) is 5.75 Å². The number of nitrogens with two attached hydrogens (primary N) is 1. The molecule has 1 aromatic rings. The fourth-order valence-corrected chi connectivity index (χ4v) is 1.12. The first-order chi connectivity index (χ1) is 6.60. The maximum absolute atomic E-state index is 13.2. The molecular weight excluding hydrogens is 192 g/mol. The number of methoxy groups -OCH3 is 1. The molecular formula is C9H11F2NO2. The highest BCUT2D eigenvalue weighted by Gasteiger charge is 2.18. The van der Waals surface area contributed by atoms with E-state index in [1.54, 1.807) is 0 Å². The fraction of sp³-hybridized carbons (Fsp3) is 0.333. The Morgan fingerprint density at radius 3 is 2.29 bits per heavy atom. The van der Waals surface area contributed by atoms with Crippen molar-refractivity contribution in [3.63, 3.8) is 0 Å². The van der Waals surface area contributed by atoms with E-state index in [0.29, 0.717) is 0 Å². The molecule has 1 aromatic carbocycles. The predicted octanol–water partition coefficient (Wildman–Crippen LogP) is 0.966. The van der Waals surface area contributed by atoms with Gasteiger partial charge in [0.05, 0.1) is 18.8 Å². The molecule has 0 saturated carbocycles. The summed E-state index contributed by atoms with van der Waals surface area (Å²) in [6, 6.07) is 1.99. The van der Waals surface area contributed by atoms with Crippen molar-refractivity contribution in [1.82, 2.24) is 0 Å². The molecule has 14 heavy (non-hydrogen) atoms. The Balaban J connectivity index is 3.18. The summed E-state index contributed by atoms with van der Waals surface area (Å²) in [5, 5.41) is 9.21. The quantitative estimate of drug-likeness (QED) is 0.769. The molecule has 78 valence electrons. The summed E-state index contributed by atoms with van der Waals surface area (Å²) in [7, 11) is 1.30. The van der Waals surface area contributed by atoms with Gasteiger partial charge in [-0.05, 0) is 0 Å². The Morgan fingerprint density at radius 2 is 1.93 bits per heavy atom. The molecule has 0 amide bonds. The number of halogens is 2. The molecule has 0 aromatic heterocycles. The summed E-state index contributed by atoms with van der Waals surface area (Å²) >= 11 is 0. The van der Waals surface area contributed by atoms with Gasteiger partial charge in [0.15, 0.2) is 0 Å². The Bertz CT molecular complexity index is 308. The highest BCUT2D eigenvalue weighted by atomic mass is 19.1. The molecule has 1 rings (SSSR count). The first-order valence-electron chi connectivity index (χ1n) is 4.01. The fourth-order valence-electron chi connectivity index (χ4n) is 1.12. The van der Waals surface area contributed by atoms with E-state index >= 15 is 0 Å². The third-order valence-corrected chi connectivity index (χ3v) is 1.84. The molecule has 0 aliphatic carbocycles. The second-order valence-corrected chi connectivity index (χ2v) is 2.76. The average Bonchev–Trinajstić information content (AvgIpc) is 2.16. The highest BCUT2D eigenvalue weighted by molar-refractivity contribution is 5.31. The lowest BCUT2D eigenvalue weighted by Gasteiger charge is -2.11. The van der Waals surface area contributed by atoms with Crippen LogP contribution in [-0.4, -0.2) is 18.8 Å². The average molecular weight is 203 g/mol. The van der Waals surface area contributed by atoms with Crippen LogP contribution in [0.4, 0.5) is 8.78 Å². The van der Waals surface area contributed by atoms with Gasteiger partial charge in [0.2, 0.25) is 0 Å². The van der Waals surface area contributed by atoms with Gasteiger partial charge in [-0.1, -0.05) is 0 Å². The predicted molar refractivity (Wildman–Crippen MR) is 46.9 cm³/mol. The summed E-state index contributed by atoms with van der Waals surface area (Å²) in [6.07, 6.45) is -1.33. The van der Waals surface area contributed by atoms with Gasteiger partial charge in [0.1, 0.15) is 17.4 Å². The largest absolute Gasteiger partial charge is 0.497 e. The molecule has 1 atom stereocenters. The third-order valence-electron chi connectivity index (χ3n) is 1.84. The van der Waals surface area contributed by atoms with E-state index in [1.807, 2.05) is 0 Å². The van der Waals surface area contributed by atoms with Crippen LogP contribution >= 0.6 is 0 Å². The lowest BCUT2D eigenvalue weighted by molar-refractivity contribution is 0.176. The number of hydrogen-bond acceptors (Lipinski definition) is 3. The minimum Gasteiger partial charge on any atom is -0.497 e. The van der Waals surface area contributed by atoms with Crippen LogP contribution < -0.4 is 10.5 Å².